The van der Waals surface area contributed by atoms with Crippen molar-refractivity contribution in [2.75, 3.05) is 55.7 Å². The maximum absolute atomic E-state index is 13.7. The average Bonchev–Trinajstić information content (AvgIpc) is 3.60. The lowest BCUT2D eigenvalue weighted by Crippen LogP contribution is -2.60. The van der Waals surface area contributed by atoms with Gasteiger partial charge < -0.3 is 24.2 Å². The minimum Gasteiger partial charge on any atom is -0.458 e. The van der Waals surface area contributed by atoms with E-state index in [1.165, 1.54) is 20.8 Å². The van der Waals surface area contributed by atoms with Gasteiger partial charge in [-0.25, -0.2) is 4.79 Å². The summed E-state index contributed by atoms with van der Waals surface area (Å²) in [5.74, 6) is -2.24. The zero-order valence-electron chi connectivity index (χ0n) is 27.2. The number of hydrogen-bond donors (Lipinski definition) is 0. The van der Waals surface area contributed by atoms with Crippen molar-refractivity contribution in [3.8, 4) is 5.69 Å². The molecule has 1 aromatic heterocycles. The van der Waals surface area contributed by atoms with Crippen molar-refractivity contribution in [1.29, 1.82) is 0 Å². The molecule has 0 aliphatic carbocycles. The number of tetrazole rings is 1. The van der Waals surface area contributed by atoms with Gasteiger partial charge in [-0.2, -0.15) is 4.68 Å². The first-order valence-electron chi connectivity index (χ1n) is 16.1. The molecule has 48 heavy (non-hydrogen) atoms. The van der Waals surface area contributed by atoms with Crippen molar-refractivity contribution in [1.82, 2.24) is 30.0 Å². The number of amides is 3. The molecule has 1 unspecified atom stereocenters. The van der Waals surface area contributed by atoms with Crippen LogP contribution in [0.1, 0.15) is 39.2 Å². The number of ether oxygens (including phenoxy) is 2. The standard InChI is InChI=1S/C33H39ClN8O6/c1-33(2,3)48-32(46)28(18-22-4-7-25(8-5-22)39-13-12-38(20-29(39)43)24-10-16-47-17-11-24)41-15-14-40(30(44)31(41)45)27-19-23(34)6-9-26(27)42-21-35-36-37-42/h4-9,19,21,24,28H,10-18,20H2,1-3H3. The van der Waals surface area contributed by atoms with E-state index in [0.29, 0.717) is 35.5 Å². The Morgan fingerprint density at radius 3 is 2.35 bits per heavy atom. The molecule has 6 rings (SSSR count). The van der Waals surface area contributed by atoms with Crippen LogP contribution in [-0.2, 0) is 35.1 Å². The van der Waals surface area contributed by atoms with Crippen LogP contribution in [0.2, 0.25) is 5.02 Å². The molecule has 3 aliphatic heterocycles. The highest BCUT2D eigenvalue weighted by Crippen LogP contribution is 2.30. The number of rotatable bonds is 8. The minimum absolute atomic E-state index is 0.0389. The van der Waals surface area contributed by atoms with E-state index < -0.39 is 29.4 Å². The van der Waals surface area contributed by atoms with Gasteiger partial charge in [0.25, 0.3) is 0 Å². The molecule has 3 amide bonds. The normalized spacial score (nSPS) is 19.2. The molecule has 0 radical (unpaired) electrons. The van der Waals surface area contributed by atoms with Crippen LogP contribution < -0.4 is 9.80 Å². The Balaban J connectivity index is 1.18. The SMILES string of the molecule is CC(C)(C)OC(=O)C(Cc1ccc(N2CCN(C3CCOCC3)CC2=O)cc1)N1CCN(c2cc(Cl)ccc2-n2cnnn2)C(=O)C1=O. The number of anilines is 2. The van der Waals surface area contributed by atoms with E-state index in [4.69, 9.17) is 21.1 Å². The van der Waals surface area contributed by atoms with Crippen molar-refractivity contribution in [2.24, 2.45) is 0 Å². The van der Waals surface area contributed by atoms with Crippen LogP contribution >= 0.6 is 11.6 Å². The van der Waals surface area contributed by atoms with Gasteiger partial charge in [-0.1, -0.05) is 23.7 Å². The fourth-order valence-electron chi connectivity index (χ4n) is 6.41. The number of esters is 1. The van der Waals surface area contributed by atoms with Gasteiger partial charge in [-0.05, 0) is 79.9 Å². The summed E-state index contributed by atoms with van der Waals surface area (Å²) in [6, 6.07) is 11.6. The van der Waals surface area contributed by atoms with Crippen molar-refractivity contribution in [3.63, 3.8) is 0 Å². The summed E-state index contributed by atoms with van der Waals surface area (Å²) in [7, 11) is 0. The van der Waals surface area contributed by atoms with Crippen molar-refractivity contribution < 1.29 is 28.7 Å². The van der Waals surface area contributed by atoms with Crippen LogP contribution in [0.4, 0.5) is 11.4 Å². The molecule has 3 aliphatic rings. The third-order valence-electron chi connectivity index (χ3n) is 8.77. The van der Waals surface area contributed by atoms with Gasteiger partial charge in [0.15, 0.2) is 0 Å². The molecule has 15 heteroatoms. The highest BCUT2D eigenvalue weighted by atomic mass is 35.5. The van der Waals surface area contributed by atoms with E-state index in [0.717, 1.165) is 43.9 Å². The quantitative estimate of drug-likeness (QED) is 0.257. The molecular formula is C33H39ClN8O6. The zero-order chi connectivity index (χ0) is 34.0. The van der Waals surface area contributed by atoms with E-state index in [9.17, 15) is 19.2 Å². The molecule has 4 heterocycles. The number of carbonyl (C=O) groups excluding carboxylic acids is 4. The Kier molecular flexibility index (Phi) is 9.76. The van der Waals surface area contributed by atoms with E-state index >= 15 is 0 Å². The lowest BCUT2D eigenvalue weighted by atomic mass is 10.0. The van der Waals surface area contributed by atoms with Crippen LogP contribution in [0.25, 0.3) is 5.69 Å². The Bertz CT molecular complexity index is 1660. The van der Waals surface area contributed by atoms with Gasteiger partial charge in [-0.3, -0.25) is 19.3 Å². The van der Waals surface area contributed by atoms with Crippen molar-refractivity contribution in [3.05, 3.63) is 59.4 Å². The van der Waals surface area contributed by atoms with Crippen LogP contribution in [0.5, 0.6) is 0 Å². The van der Waals surface area contributed by atoms with Crippen LogP contribution in [0.15, 0.2) is 48.8 Å². The predicted molar refractivity (Wildman–Crippen MR) is 176 cm³/mol. The van der Waals surface area contributed by atoms with Crippen molar-refractivity contribution in [2.45, 2.75) is 57.7 Å². The molecule has 3 aromatic rings. The number of piperazine rings is 2. The highest BCUT2D eigenvalue weighted by molar-refractivity contribution is 6.41. The van der Waals surface area contributed by atoms with Crippen LogP contribution in [0, 0.1) is 0 Å². The third-order valence-corrected chi connectivity index (χ3v) is 9.00. The molecule has 0 spiro atoms. The largest absolute Gasteiger partial charge is 0.458 e. The van der Waals surface area contributed by atoms with Gasteiger partial charge in [0.05, 0.1) is 17.9 Å². The molecule has 254 valence electrons. The number of benzene rings is 2. The molecular weight excluding hydrogens is 640 g/mol. The predicted octanol–water partition coefficient (Wildman–Crippen LogP) is 2.27. The van der Waals surface area contributed by atoms with Crippen molar-refractivity contribution >= 4 is 46.7 Å². The summed E-state index contributed by atoms with van der Waals surface area (Å²) in [4.78, 5) is 60.7. The second-order valence-corrected chi connectivity index (χ2v) is 13.6. The summed E-state index contributed by atoms with van der Waals surface area (Å²) in [5.41, 5.74) is 1.53. The first-order valence-corrected chi connectivity index (χ1v) is 16.5. The van der Waals surface area contributed by atoms with E-state index in [-0.39, 0.29) is 25.4 Å². The van der Waals surface area contributed by atoms with Crippen LogP contribution in [0.3, 0.4) is 0 Å². The second-order valence-electron chi connectivity index (χ2n) is 13.1. The number of aromatic nitrogens is 4. The molecule has 0 bridgehead atoms. The molecule has 3 fully saturated rings. The van der Waals surface area contributed by atoms with E-state index in [2.05, 4.69) is 20.4 Å². The average molecular weight is 679 g/mol. The summed E-state index contributed by atoms with van der Waals surface area (Å²) in [5, 5.41) is 11.6. The minimum atomic E-state index is -1.06. The maximum atomic E-state index is 13.7. The second kappa shape index (κ2) is 14.0. The lowest BCUT2D eigenvalue weighted by molar-refractivity contribution is -0.166. The number of nitrogens with zero attached hydrogens (tertiary/aromatic N) is 8. The maximum Gasteiger partial charge on any atom is 0.329 e. The first-order chi connectivity index (χ1) is 23.0. The molecule has 0 saturated carbocycles. The fourth-order valence-corrected chi connectivity index (χ4v) is 6.57. The van der Waals surface area contributed by atoms with E-state index in [1.807, 2.05) is 24.3 Å². The topological polar surface area (TPSA) is 143 Å². The van der Waals surface area contributed by atoms with Crippen LogP contribution in [-0.4, -0.2) is 117 Å². The van der Waals surface area contributed by atoms with Gasteiger partial charge in [-0.15, -0.1) is 5.10 Å². The summed E-state index contributed by atoms with van der Waals surface area (Å²) in [6.45, 7) is 8.60. The van der Waals surface area contributed by atoms with Gasteiger partial charge in [0.2, 0.25) is 5.91 Å². The number of hydrogen-bond acceptors (Lipinski definition) is 10. The Morgan fingerprint density at radius 2 is 1.69 bits per heavy atom. The van der Waals surface area contributed by atoms with Gasteiger partial charge in [0, 0.05) is 62.6 Å². The van der Waals surface area contributed by atoms with E-state index in [1.54, 1.807) is 43.9 Å². The number of halogens is 1. The molecule has 3 saturated heterocycles. The first kappa shape index (κ1) is 33.5. The Morgan fingerprint density at radius 1 is 0.958 bits per heavy atom. The van der Waals surface area contributed by atoms with Gasteiger partial charge >= 0.3 is 17.8 Å². The number of carbonyl (C=O) groups is 4. The highest BCUT2D eigenvalue weighted by Gasteiger charge is 2.42. The smallest absolute Gasteiger partial charge is 0.329 e. The monoisotopic (exact) mass is 678 g/mol. The molecule has 1 atom stereocenters. The summed E-state index contributed by atoms with van der Waals surface area (Å²) >= 11 is 6.28. The Labute approximate surface area is 283 Å². The van der Waals surface area contributed by atoms with Gasteiger partial charge in [0.1, 0.15) is 18.0 Å². The lowest BCUT2D eigenvalue weighted by Gasteiger charge is -2.40. The third kappa shape index (κ3) is 7.35. The molecule has 14 nitrogen and oxygen atoms in total. The zero-order valence-corrected chi connectivity index (χ0v) is 28.0. The Hall–Kier alpha value is -4.40. The summed E-state index contributed by atoms with van der Waals surface area (Å²) in [6.07, 6.45) is 3.37. The molecule has 2 aromatic carbocycles. The summed E-state index contributed by atoms with van der Waals surface area (Å²) < 4.78 is 12.6. The fraction of sp³-hybridized carbons (Fsp3) is 0.485. The molecule has 0 N–H and O–H groups in total.